The van der Waals surface area contributed by atoms with Gasteiger partial charge in [0, 0.05) is 18.4 Å². The first-order valence-electron chi connectivity index (χ1n) is 8.26. The Morgan fingerprint density at radius 1 is 1.00 bits per heavy atom. The van der Waals surface area contributed by atoms with Crippen molar-refractivity contribution in [3.63, 3.8) is 0 Å². The molecule has 0 aliphatic carbocycles. The summed E-state index contributed by atoms with van der Waals surface area (Å²) in [5.74, 6) is -0.328. The molecule has 2 rings (SSSR count). The van der Waals surface area contributed by atoms with Gasteiger partial charge in [0.1, 0.15) is 0 Å². The van der Waals surface area contributed by atoms with Crippen molar-refractivity contribution in [1.29, 1.82) is 0 Å². The molecule has 0 atom stereocenters. The lowest BCUT2D eigenvalue weighted by Gasteiger charge is -2.18. The summed E-state index contributed by atoms with van der Waals surface area (Å²) in [5.41, 5.74) is 1.92. The van der Waals surface area contributed by atoms with E-state index in [-0.39, 0.29) is 10.8 Å². The highest BCUT2D eigenvalue weighted by Gasteiger charge is 2.15. The normalized spacial score (nSPS) is 11.5. The van der Waals surface area contributed by atoms with Crippen LogP contribution in [0.15, 0.2) is 53.4 Å². The van der Waals surface area contributed by atoms with Crippen LogP contribution >= 0.6 is 0 Å². The summed E-state index contributed by atoms with van der Waals surface area (Å²) in [5, 5.41) is 2.69. The zero-order valence-electron chi connectivity index (χ0n) is 14.8. The molecule has 0 spiro atoms. The average molecular weight is 360 g/mol. The van der Waals surface area contributed by atoms with Gasteiger partial charge >= 0.3 is 0 Å². The summed E-state index contributed by atoms with van der Waals surface area (Å²) in [6.07, 6.45) is 1.12. The van der Waals surface area contributed by atoms with Crippen LogP contribution in [0.1, 0.15) is 29.8 Å². The van der Waals surface area contributed by atoms with E-state index in [9.17, 15) is 13.2 Å². The molecule has 1 amide bonds. The second-order valence-electron chi connectivity index (χ2n) is 5.88. The predicted molar refractivity (Wildman–Crippen MR) is 101 cm³/mol. The minimum Gasteiger partial charge on any atom is -0.321 e. The molecule has 2 aromatic rings. The number of rotatable bonds is 7. The Balaban J connectivity index is 2.15. The van der Waals surface area contributed by atoms with Gasteiger partial charge in [-0.2, -0.15) is 0 Å². The number of para-hydroxylation sites is 1. The van der Waals surface area contributed by atoms with Crippen molar-refractivity contribution in [3.05, 3.63) is 59.7 Å². The van der Waals surface area contributed by atoms with Crippen LogP contribution in [0.5, 0.6) is 0 Å². The van der Waals surface area contributed by atoms with Crippen molar-refractivity contribution in [3.8, 4) is 0 Å². The average Bonchev–Trinajstić information content (AvgIpc) is 2.59. The summed E-state index contributed by atoms with van der Waals surface area (Å²) in [7, 11) is -3.41. The summed E-state index contributed by atoms with van der Waals surface area (Å²) < 4.78 is 23.6. The quantitative estimate of drug-likeness (QED) is 0.823. The third-order valence-corrected chi connectivity index (χ3v) is 5.21. The number of nitrogens with one attached hydrogen (secondary N) is 1. The molecule has 0 unspecified atom stereocenters. The maximum Gasteiger partial charge on any atom is 0.255 e. The van der Waals surface area contributed by atoms with E-state index in [1.807, 2.05) is 12.1 Å². The molecule has 6 heteroatoms. The molecule has 0 aromatic heterocycles. The maximum atomic E-state index is 12.4. The first kappa shape index (κ1) is 19.1. The summed E-state index contributed by atoms with van der Waals surface area (Å²) in [6, 6.07) is 13.8. The molecule has 0 radical (unpaired) electrons. The number of carbonyl (C=O) groups is 1. The number of anilines is 1. The van der Waals surface area contributed by atoms with E-state index in [0.717, 1.165) is 31.5 Å². The summed E-state index contributed by atoms with van der Waals surface area (Å²) in [4.78, 5) is 14.8. The highest BCUT2D eigenvalue weighted by atomic mass is 32.2. The molecular weight excluding hydrogens is 336 g/mol. The minimum atomic E-state index is -3.41. The van der Waals surface area contributed by atoms with E-state index < -0.39 is 9.84 Å². The van der Waals surface area contributed by atoms with E-state index in [4.69, 9.17) is 0 Å². The van der Waals surface area contributed by atoms with Gasteiger partial charge in [0.25, 0.3) is 5.91 Å². The van der Waals surface area contributed by atoms with Crippen LogP contribution in [0.25, 0.3) is 0 Å². The SMILES string of the molecule is CCN(CC)Cc1ccc(C(=O)Nc2ccccc2S(C)(=O)=O)cc1. The van der Waals surface area contributed by atoms with Crippen molar-refractivity contribution < 1.29 is 13.2 Å². The van der Waals surface area contributed by atoms with Crippen LogP contribution < -0.4 is 5.32 Å². The largest absolute Gasteiger partial charge is 0.321 e. The molecule has 0 heterocycles. The van der Waals surface area contributed by atoms with Crippen LogP contribution in [-0.4, -0.2) is 38.6 Å². The molecule has 25 heavy (non-hydrogen) atoms. The van der Waals surface area contributed by atoms with E-state index in [2.05, 4.69) is 24.1 Å². The van der Waals surface area contributed by atoms with Gasteiger partial charge in [-0.25, -0.2) is 8.42 Å². The molecule has 0 aliphatic heterocycles. The van der Waals surface area contributed by atoms with Gasteiger partial charge in [0.15, 0.2) is 9.84 Å². The number of carbonyl (C=O) groups excluding carboxylic acids is 1. The second-order valence-corrected chi connectivity index (χ2v) is 7.86. The first-order chi connectivity index (χ1) is 11.8. The van der Waals surface area contributed by atoms with Crippen molar-refractivity contribution >= 4 is 21.4 Å². The van der Waals surface area contributed by atoms with E-state index >= 15 is 0 Å². The number of hydrogen-bond donors (Lipinski definition) is 1. The molecular formula is C19H24N2O3S. The Bertz CT molecular complexity index is 826. The van der Waals surface area contributed by atoms with Crippen molar-refractivity contribution in [2.45, 2.75) is 25.3 Å². The fourth-order valence-electron chi connectivity index (χ4n) is 2.55. The van der Waals surface area contributed by atoms with Gasteiger partial charge in [-0.1, -0.05) is 38.1 Å². The van der Waals surface area contributed by atoms with Crippen LogP contribution in [-0.2, 0) is 16.4 Å². The van der Waals surface area contributed by atoms with Gasteiger partial charge < -0.3 is 5.32 Å². The van der Waals surface area contributed by atoms with Gasteiger partial charge in [0.05, 0.1) is 10.6 Å². The third kappa shape index (κ3) is 5.14. The van der Waals surface area contributed by atoms with E-state index in [0.29, 0.717) is 11.3 Å². The Kier molecular flexibility index (Phi) is 6.33. The van der Waals surface area contributed by atoms with E-state index in [1.165, 1.54) is 6.07 Å². The Morgan fingerprint density at radius 3 is 2.16 bits per heavy atom. The molecule has 0 bridgehead atoms. The number of sulfone groups is 1. The number of benzene rings is 2. The highest BCUT2D eigenvalue weighted by molar-refractivity contribution is 7.90. The monoisotopic (exact) mass is 360 g/mol. The predicted octanol–water partition coefficient (Wildman–Crippen LogP) is 3.18. The van der Waals surface area contributed by atoms with Crippen LogP contribution in [0, 0.1) is 0 Å². The van der Waals surface area contributed by atoms with Crippen LogP contribution in [0.4, 0.5) is 5.69 Å². The number of nitrogens with zero attached hydrogens (tertiary/aromatic N) is 1. The molecule has 0 saturated heterocycles. The zero-order chi connectivity index (χ0) is 18.4. The van der Waals surface area contributed by atoms with Crippen molar-refractivity contribution in [2.24, 2.45) is 0 Å². The molecule has 2 aromatic carbocycles. The van der Waals surface area contributed by atoms with Gasteiger partial charge in [0.2, 0.25) is 0 Å². The molecule has 0 saturated carbocycles. The molecule has 1 N–H and O–H groups in total. The van der Waals surface area contributed by atoms with Crippen molar-refractivity contribution in [1.82, 2.24) is 4.90 Å². The van der Waals surface area contributed by atoms with Crippen LogP contribution in [0.2, 0.25) is 0 Å². The molecule has 0 aliphatic rings. The standard InChI is InChI=1S/C19H24N2O3S/c1-4-21(5-2)14-15-10-12-16(13-11-15)19(22)20-17-8-6-7-9-18(17)25(3,23)24/h6-13H,4-5,14H2,1-3H3,(H,20,22). The van der Waals surface area contributed by atoms with E-state index in [1.54, 1.807) is 30.3 Å². The molecule has 134 valence electrons. The highest BCUT2D eigenvalue weighted by Crippen LogP contribution is 2.21. The van der Waals surface area contributed by atoms with Gasteiger partial charge in [-0.05, 0) is 42.9 Å². The lowest BCUT2D eigenvalue weighted by Crippen LogP contribution is -2.22. The van der Waals surface area contributed by atoms with Gasteiger partial charge in [-0.3, -0.25) is 9.69 Å². The maximum absolute atomic E-state index is 12.4. The number of amides is 1. The number of hydrogen-bond acceptors (Lipinski definition) is 4. The van der Waals surface area contributed by atoms with Gasteiger partial charge in [-0.15, -0.1) is 0 Å². The summed E-state index contributed by atoms with van der Waals surface area (Å²) in [6.45, 7) is 7.02. The minimum absolute atomic E-state index is 0.113. The summed E-state index contributed by atoms with van der Waals surface area (Å²) >= 11 is 0. The smallest absolute Gasteiger partial charge is 0.255 e. The fourth-order valence-corrected chi connectivity index (χ4v) is 3.40. The van der Waals surface area contributed by atoms with Crippen molar-refractivity contribution in [2.75, 3.05) is 24.7 Å². The second kappa shape index (κ2) is 8.27. The molecule has 5 nitrogen and oxygen atoms in total. The fraction of sp³-hybridized carbons (Fsp3) is 0.316. The zero-order valence-corrected chi connectivity index (χ0v) is 15.6. The lowest BCUT2D eigenvalue weighted by atomic mass is 10.1. The Labute approximate surface area is 149 Å². The first-order valence-corrected chi connectivity index (χ1v) is 10.2. The third-order valence-electron chi connectivity index (χ3n) is 4.05. The topological polar surface area (TPSA) is 66.5 Å². The molecule has 0 fully saturated rings. The Morgan fingerprint density at radius 2 is 1.60 bits per heavy atom. The lowest BCUT2D eigenvalue weighted by molar-refractivity contribution is 0.102. The Hall–Kier alpha value is -2.18. The van der Waals surface area contributed by atoms with Crippen LogP contribution in [0.3, 0.4) is 0 Å².